The van der Waals surface area contributed by atoms with Gasteiger partial charge in [-0.3, -0.25) is 4.79 Å². The van der Waals surface area contributed by atoms with Gasteiger partial charge in [0.05, 0.1) is 5.92 Å². The van der Waals surface area contributed by atoms with E-state index < -0.39 is 5.97 Å². The lowest BCUT2D eigenvalue weighted by Crippen LogP contribution is -2.31. The first-order valence-electron chi connectivity index (χ1n) is 7.21. The lowest BCUT2D eigenvalue weighted by atomic mass is 9.83. The second kappa shape index (κ2) is 4.98. The van der Waals surface area contributed by atoms with E-state index in [2.05, 4.69) is 36.2 Å². The van der Waals surface area contributed by atoms with Crippen LogP contribution >= 0.6 is 0 Å². The quantitative estimate of drug-likeness (QED) is 0.939. The zero-order chi connectivity index (χ0) is 15.0. The number of aliphatic carboxylic acids is 1. The van der Waals surface area contributed by atoms with Gasteiger partial charge in [-0.2, -0.15) is 0 Å². The summed E-state index contributed by atoms with van der Waals surface area (Å²) in [4.78, 5) is 11.3. The Balaban J connectivity index is 2.01. The van der Waals surface area contributed by atoms with Crippen molar-refractivity contribution in [3.05, 3.63) is 47.5 Å². The molecule has 0 saturated carbocycles. The van der Waals surface area contributed by atoms with E-state index in [1.807, 2.05) is 22.8 Å². The third kappa shape index (κ3) is 2.33. The van der Waals surface area contributed by atoms with Crippen LogP contribution in [0.3, 0.4) is 0 Å². The minimum Gasteiger partial charge on any atom is -0.481 e. The maximum atomic E-state index is 11.3. The zero-order valence-corrected chi connectivity index (χ0v) is 12.3. The molecule has 0 bridgehead atoms. The molecule has 0 fully saturated rings. The van der Waals surface area contributed by atoms with Gasteiger partial charge in [0.2, 0.25) is 0 Å². The van der Waals surface area contributed by atoms with Gasteiger partial charge in [0.15, 0.2) is 0 Å². The van der Waals surface area contributed by atoms with Crippen LogP contribution in [0.4, 0.5) is 0 Å². The summed E-state index contributed by atoms with van der Waals surface area (Å²) in [6, 6.07) is 10.1. The number of carbonyl (C=O) groups is 1. The largest absolute Gasteiger partial charge is 0.481 e. The molecule has 1 aliphatic rings. The van der Waals surface area contributed by atoms with Crippen LogP contribution in [0.25, 0.3) is 0 Å². The summed E-state index contributed by atoms with van der Waals surface area (Å²) in [6.45, 7) is 4.66. The Morgan fingerprint density at radius 1 is 1.29 bits per heavy atom. The third-order valence-corrected chi connectivity index (χ3v) is 4.35. The highest BCUT2D eigenvalue weighted by molar-refractivity contribution is 5.70. The summed E-state index contributed by atoms with van der Waals surface area (Å²) in [5.74, 6) is 0.651. The summed E-state index contributed by atoms with van der Waals surface area (Å²) in [6.07, 6.45) is 1.31. The van der Waals surface area contributed by atoms with Crippen LogP contribution in [-0.4, -0.2) is 25.8 Å². The van der Waals surface area contributed by atoms with Gasteiger partial charge in [-0.25, -0.2) is 0 Å². The number of carboxylic acids is 1. The fourth-order valence-electron chi connectivity index (χ4n) is 2.97. The summed E-state index contributed by atoms with van der Waals surface area (Å²) >= 11 is 0. The SMILES string of the molecule is CC(C)(c1ccccc1)c1nnc2n1CC(C(=O)O)CC2. The van der Waals surface area contributed by atoms with Crippen molar-refractivity contribution >= 4 is 5.97 Å². The van der Waals surface area contributed by atoms with Crippen LogP contribution < -0.4 is 0 Å². The number of fused-ring (bicyclic) bond motifs is 1. The number of hydrogen-bond donors (Lipinski definition) is 1. The minimum absolute atomic E-state index is 0.299. The van der Waals surface area contributed by atoms with E-state index in [9.17, 15) is 9.90 Å². The van der Waals surface area contributed by atoms with Gasteiger partial charge in [-0.05, 0) is 25.8 Å². The molecule has 0 aliphatic carbocycles. The number of nitrogens with zero attached hydrogens (tertiary/aromatic N) is 3. The van der Waals surface area contributed by atoms with Gasteiger partial charge in [0.25, 0.3) is 0 Å². The Morgan fingerprint density at radius 2 is 2.00 bits per heavy atom. The van der Waals surface area contributed by atoms with Crippen molar-refractivity contribution in [1.29, 1.82) is 0 Å². The molecule has 21 heavy (non-hydrogen) atoms. The molecule has 2 aromatic rings. The van der Waals surface area contributed by atoms with Crippen LogP contribution in [0, 0.1) is 5.92 Å². The van der Waals surface area contributed by atoms with E-state index in [1.54, 1.807) is 0 Å². The first kappa shape index (κ1) is 13.8. The van der Waals surface area contributed by atoms with Crippen LogP contribution in [0.5, 0.6) is 0 Å². The fourth-order valence-corrected chi connectivity index (χ4v) is 2.97. The Morgan fingerprint density at radius 3 is 2.67 bits per heavy atom. The van der Waals surface area contributed by atoms with Crippen molar-refractivity contribution in [2.24, 2.45) is 5.92 Å². The molecule has 0 saturated heterocycles. The molecule has 1 N–H and O–H groups in total. The Labute approximate surface area is 123 Å². The van der Waals surface area contributed by atoms with E-state index in [0.29, 0.717) is 19.4 Å². The monoisotopic (exact) mass is 285 g/mol. The Kier molecular flexibility index (Phi) is 3.27. The molecule has 1 unspecified atom stereocenters. The molecule has 1 atom stereocenters. The van der Waals surface area contributed by atoms with Crippen molar-refractivity contribution in [2.75, 3.05) is 0 Å². The third-order valence-electron chi connectivity index (χ3n) is 4.35. The summed E-state index contributed by atoms with van der Waals surface area (Å²) in [7, 11) is 0. The smallest absolute Gasteiger partial charge is 0.308 e. The molecule has 0 spiro atoms. The van der Waals surface area contributed by atoms with Crippen LogP contribution in [0.15, 0.2) is 30.3 Å². The number of carboxylic acid groups (broad SMARTS) is 1. The molecular formula is C16H19N3O2. The number of benzene rings is 1. The molecule has 2 heterocycles. The molecule has 0 amide bonds. The maximum Gasteiger partial charge on any atom is 0.308 e. The predicted molar refractivity (Wildman–Crippen MR) is 78.0 cm³/mol. The lowest BCUT2D eigenvalue weighted by Gasteiger charge is -2.28. The highest BCUT2D eigenvalue weighted by Crippen LogP contribution is 2.32. The van der Waals surface area contributed by atoms with Crippen molar-refractivity contribution in [3.63, 3.8) is 0 Å². The fraction of sp³-hybridized carbons (Fsp3) is 0.438. The Bertz CT molecular complexity index is 661. The number of aryl methyl sites for hydroxylation is 1. The molecule has 3 rings (SSSR count). The first-order chi connectivity index (χ1) is 10.00. The number of aromatic nitrogens is 3. The highest BCUT2D eigenvalue weighted by Gasteiger charge is 2.34. The second-order valence-electron chi connectivity index (χ2n) is 6.12. The summed E-state index contributed by atoms with van der Waals surface area (Å²) in [5, 5.41) is 17.9. The first-order valence-corrected chi connectivity index (χ1v) is 7.21. The highest BCUT2D eigenvalue weighted by atomic mass is 16.4. The van der Waals surface area contributed by atoms with E-state index in [4.69, 9.17) is 0 Å². The van der Waals surface area contributed by atoms with Gasteiger partial charge in [-0.1, -0.05) is 30.3 Å². The van der Waals surface area contributed by atoms with Gasteiger partial charge < -0.3 is 9.67 Å². The molecule has 0 radical (unpaired) electrons. The number of rotatable bonds is 3. The average molecular weight is 285 g/mol. The van der Waals surface area contributed by atoms with Crippen molar-refractivity contribution in [1.82, 2.24) is 14.8 Å². The van der Waals surface area contributed by atoms with Gasteiger partial charge in [0.1, 0.15) is 11.6 Å². The molecule has 1 aromatic heterocycles. The average Bonchev–Trinajstić information content (AvgIpc) is 2.91. The minimum atomic E-state index is -0.738. The van der Waals surface area contributed by atoms with Crippen molar-refractivity contribution in [2.45, 2.75) is 38.6 Å². The molecule has 1 aromatic carbocycles. The predicted octanol–water partition coefficient (Wildman–Crippen LogP) is 2.25. The molecule has 1 aliphatic heterocycles. The van der Waals surface area contributed by atoms with Crippen LogP contribution in [0.1, 0.15) is 37.5 Å². The van der Waals surface area contributed by atoms with E-state index in [-0.39, 0.29) is 11.3 Å². The number of hydrogen-bond acceptors (Lipinski definition) is 3. The summed E-state index contributed by atoms with van der Waals surface area (Å²) < 4.78 is 2.00. The van der Waals surface area contributed by atoms with Crippen LogP contribution in [0.2, 0.25) is 0 Å². The van der Waals surface area contributed by atoms with Crippen molar-refractivity contribution in [3.8, 4) is 0 Å². The molecule has 5 heteroatoms. The lowest BCUT2D eigenvalue weighted by molar-refractivity contribution is -0.142. The second-order valence-corrected chi connectivity index (χ2v) is 6.12. The maximum absolute atomic E-state index is 11.3. The van der Waals surface area contributed by atoms with Gasteiger partial charge >= 0.3 is 5.97 Å². The Hall–Kier alpha value is -2.17. The standard InChI is InChI=1S/C16H19N3O2/c1-16(2,12-6-4-3-5-7-12)15-18-17-13-9-8-11(14(20)21)10-19(13)15/h3-7,11H,8-10H2,1-2H3,(H,20,21). The van der Waals surface area contributed by atoms with Crippen molar-refractivity contribution < 1.29 is 9.90 Å². The van der Waals surface area contributed by atoms with Crippen LogP contribution in [-0.2, 0) is 23.2 Å². The molecule has 110 valence electrons. The van der Waals surface area contributed by atoms with Gasteiger partial charge in [0, 0.05) is 18.4 Å². The molecular weight excluding hydrogens is 266 g/mol. The van der Waals surface area contributed by atoms with E-state index in [0.717, 1.165) is 17.2 Å². The summed E-state index contributed by atoms with van der Waals surface area (Å²) in [5.41, 5.74) is 0.852. The zero-order valence-electron chi connectivity index (χ0n) is 12.3. The van der Waals surface area contributed by atoms with E-state index >= 15 is 0 Å². The topological polar surface area (TPSA) is 68.0 Å². The molecule has 5 nitrogen and oxygen atoms in total. The van der Waals surface area contributed by atoms with E-state index in [1.165, 1.54) is 0 Å². The normalized spacial score (nSPS) is 18.3. The van der Waals surface area contributed by atoms with Gasteiger partial charge in [-0.15, -0.1) is 10.2 Å².